The van der Waals surface area contributed by atoms with Crippen LogP contribution in [0.15, 0.2) is 0 Å². The van der Waals surface area contributed by atoms with Gasteiger partial charge in [-0.15, -0.1) is 0 Å². The number of nitrogens with one attached hydrogen (secondary N) is 1. The first-order chi connectivity index (χ1) is 8.45. The van der Waals surface area contributed by atoms with Crippen LogP contribution in [-0.2, 0) is 17.1 Å². The molecule has 0 atom stereocenters. The third kappa shape index (κ3) is 6.56. The van der Waals surface area contributed by atoms with Gasteiger partial charge in [0.05, 0.1) is 0 Å². The molecule has 3 heteroatoms. The largest absolute Gasteiger partial charge is 2.00 e. The zero-order valence-corrected chi connectivity index (χ0v) is 11.6. The van der Waals surface area contributed by atoms with Gasteiger partial charge in [0.1, 0.15) is 0 Å². The van der Waals surface area contributed by atoms with Crippen LogP contribution in [0.1, 0.15) is 0 Å². The molecule has 0 aromatic heterocycles. The van der Waals surface area contributed by atoms with Crippen LogP contribution >= 0.6 is 0 Å². The first kappa shape index (κ1) is 16.5. The van der Waals surface area contributed by atoms with E-state index in [4.69, 9.17) is 0 Å². The summed E-state index contributed by atoms with van der Waals surface area (Å²) in [5.74, 6) is 1.44. The molecule has 3 rings (SSSR count). The number of hydrogen-bond donors (Lipinski definition) is 1. The number of hydrogen-bond acceptors (Lipinski definition) is 2. The number of piperazine rings is 1. The summed E-state index contributed by atoms with van der Waals surface area (Å²) in [5, 5.41) is 3.35. The summed E-state index contributed by atoms with van der Waals surface area (Å²) < 4.78 is 0. The van der Waals surface area contributed by atoms with Crippen molar-refractivity contribution < 1.29 is 17.1 Å². The molecule has 0 spiro atoms. The fourth-order valence-corrected chi connectivity index (χ4v) is 1.97. The normalized spacial score (nSPS) is 25.3. The van der Waals surface area contributed by atoms with Crippen molar-refractivity contribution in [3.8, 4) is 0 Å². The van der Waals surface area contributed by atoms with Gasteiger partial charge in [-0.2, -0.15) is 0 Å². The summed E-state index contributed by atoms with van der Waals surface area (Å²) in [6, 6.07) is 0. The van der Waals surface area contributed by atoms with Gasteiger partial charge < -0.3 is 10.2 Å². The predicted octanol–water partition coefficient (Wildman–Crippen LogP) is 1.32. The van der Waals surface area contributed by atoms with Crippen molar-refractivity contribution in [2.75, 3.05) is 32.7 Å². The van der Waals surface area contributed by atoms with Crippen LogP contribution in [0.5, 0.6) is 0 Å². The summed E-state index contributed by atoms with van der Waals surface area (Å²) in [5.41, 5.74) is 0. The molecule has 2 aliphatic carbocycles. The smallest absolute Gasteiger partial charge is 0.314 e. The summed E-state index contributed by atoms with van der Waals surface area (Å²) in [7, 11) is 0. The standard InChI is InChI=1S/C10H15N2.C5H5.Fe/c1-2-4-10(3-1)9-12-7-5-11-6-8-12;1-2-4-5-3-1;/h1-4,11H,5-9H2;1-5H;/q;;+2. The van der Waals surface area contributed by atoms with E-state index in [1.165, 1.54) is 19.0 Å². The van der Waals surface area contributed by atoms with E-state index in [0.717, 1.165) is 19.6 Å². The van der Waals surface area contributed by atoms with E-state index in [1.54, 1.807) is 0 Å². The van der Waals surface area contributed by atoms with Gasteiger partial charge in [-0.05, 0) is 63.7 Å². The first-order valence-electron chi connectivity index (χ1n) is 6.25. The minimum Gasteiger partial charge on any atom is -0.314 e. The van der Waals surface area contributed by atoms with Crippen LogP contribution in [0.25, 0.3) is 0 Å². The summed E-state index contributed by atoms with van der Waals surface area (Å²) in [6.45, 7) is 5.77. The minimum absolute atomic E-state index is 0. The second-order valence-corrected chi connectivity index (χ2v) is 4.28. The molecule has 1 N–H and O–H groups in total. The zero-order chi connectivity index (χ0) is 11.8. The van der Waals surface area contributed by atoms with E-state index in [-0.39, 0.29) is 17.1 Å². The maximum atomic E-state index is 3.35. The SMILES string of the molecule is [CH]1[CH][CH][CH][CH]1.[CH]1[CH][CH][C](CN2CCNCC2)[CH]1.[Fe+2]. The zero-order valence-electron chi connectivity index (χ0n) is 10.5. The Hall–Kier alpha value is 0.439. The minimum atomic E-state index is 0. The average molecular weight is 284 g/mol. The van der Waals surface area contributed by atoms with Gasteiger partial charge in [0.25, 0.3) is 0 Å². The Morgan fingerprint density at radius 2 is 1.33 bits per heavy atom. The monoisotopic (exact) mass is 284 g/mol. The maximum Gasteiger partial charge on any atom is 2.00 e. The maximum absolute atomic E-state index is 3.35. The molecule has 10 radical (unpaired) electrons. The van der Waals surface area contributed by atoms with Gasteiger partial charge >= 0.3 is 17.1 Å². The molecule has 3 aliphatic rings. The molecular weight excluding hydrogens is 264 g/mol. The molecule has 0 bridgehead atoms. The van der Waals surface area contributed by atoms with Crippen molar-refractivity contribution in [3.63, 3.8) is 0 Å². The Morgan fingerprint density at radius 1 is 0.833 bits per heavy atom. The van der Waals surface area contributed by atoms with Crippen molar-refractivity contribution in [2.45, 2.75) is 0 Å². The van der Waals surface area contributed by atoms with Gasteiger partial charge in [-0.25, -0.2) is 0 Å². The van der Waals surface area contributed by atoms with Gasteiger partial charge in [-0.3, -0.25) is 0 Å². The van der Waals surface area contributed by atoms with Crippen molar-refractivity contribution in [1.29, 1.82) is 0 Å². The van der Waals surface area contributed by atoms with Crippen molar-refractivity contribution >= 4 is 0 Å². The Bertz CT molecular complexity index is 175. The topological polar surface area (TPSA) is 15.3 Å². The molecule has 0 amide bonds. The Morgan fingerprint density at radius 3 is 1.83 bits per heavy atom. The molecule has 0 aromatic rings. The number of nitrogens with zero attached hydrogens (tertiary/aromatic N) is 1. The fraction of sp³-hybridized carbons (Fsp3) is 0.333. The van der Waals surface area contributed by atoms with Gasteiger partial charge in [-0.1, -0.05) is 0 Å². The molecule has 18 heavy (non-hydrogen) atoms. The molecule has 0 aromatic carbocycles. The molecule has 1 saturated heterocycles. The van der Waals surface area contributed by atoms with Crippen molar-refractivity contribution in [1.82, 2.24) is 10.2 Å². The first-order valence-corrected chi connectivity index (χ1v) is 6.25. The molecule has 3 fully saturated rings. The van der Waals surface area contributed by atoms with Crippen LogP contribution in [-0.4, -0.2) is 37.6 Å². The van der Waals surface area contributed by atoms with E-state index < -0.39 is 0 Å². The summed E-state index contributed by atoms with van der Waals surface area (Å²) >= 11 is 0. The summed E-state index contributed by atoms with van der Waals surface area (Å²) in [6.07, 6.45) is 18.6. The van der Waals surface area contributed by atoms with E-state index in [0.29, 0.717) is 0 Å². The van der Waals surface area contributed by atoms with Crippen LogP contribution < -0.4 is 5.32 Å². The molecule has 1 aliphatic heterocycles. The molecule has 0 unspecified atom stereocenters. The van der Waals surface area contributed by atoms with Crippen LogP contribution in [0, 0.1) is 63.7 Å². The Labute approximate surface area is 124 Å². The quantitative estimate of drug-likeness (QED) is 0.769. The second-order valence-electron chi connectivity index (χ2n) is 4.28. The van der Waals surface area contributed by atoms with Crippen LogP contribution in [0.3, 0.4) is 0 Å². The van der Waals surface area contributed by atoms with Gasteiger partial charge in [0.15, 0.2) is 0 Å². The number of rotatable bonds is 2. The van der Waals surface area contributed by atoms with Crippen molar-refractivity contribution in [2.24, 2.45) is 0 Å². The van der Waals surface area contributed by atoms with Crippen LogP contribution in [0.4, 0.5) is 0 Å². The summed E-state index contributed by atoms with van der Waals surface area (Å²) in [4.78, 5) is 2.49. The Balaban J connectivity index is 0.000000230. The molecule has 96 valence electrons. The Kier molecular flexibility index (Phi) is 9.40. The molecule has 1 heterocycles. The molecular formula is C15H20FeN2+2. The third-order valence-electron chi connectivity index (χ3n) is 2.90. The third-order valence-corrected chi connectivity index (χ3v) is 2.90. The molecule has 2 saturated carbocycles. The van der Waals surface area contributed by atoms with E-state index in [9.17, 15) is 0 Å². The van der Waals surface area contributed by atoms with Crippen LogP contribution in [0.2, 0.25) is 0 Å². The van der Waals surface area contributed by atoms with Crippen molar-refractivity contribution in [3.05, 3.63) is 63.7 Å². The van der Waals surface area contributed by atoms with Gasteiger partial charge in [0.2, 0.25) is 0 Å². The molecule has 2 nitrogen and oxygen atoms in total. The fourth-order valence-electron chi connectivity index (χ4n) is 1.97. The predicted molar refractivity (Wildman–Crippen MR) is 71.3 cm³/mol. The van der Waals surface area contributed by atoms with E-state index in [1.807, 2.05) is 32.1 Å². The van der Waals surface area contributed by atoms with E-state index in [2.05, 4.69) is 35.9 Å². The van der Waals surface area contributed by atoms with E-state index >= 15 is 0 Å². The second kappa shape index (κ2) is 10.3. The average Bonchev–Trinajstić information content (AvgIpc) is 3.06. The van der Waals surface area contributed by atoms with Gasteiger partial charge in [0, 0.05) is 32.7 Å².